The van der Waals surface area contributed by atoms with Crippen molar-refractivity contribution in [1.82, 2.24) is 10.2 Å². The molecule has 0 bridgehead atoms. The Kier molecular flexibility index (Phi) is 4.22. The third-order valence-corrected chi connectivity index (χ3v) is 5.01. The van der Waals surface area contributed by atoms with E-state index in [0.717, 1.165) is 12.1 Å². The lowest BCUT2D eigenvalue weighted by atomic mass is 9.90. The topological polar surface area (TPSA) is 24.5 Å². The summed E-state index contributed by atoms with van der Waals surface area (Å²) in [6.07, 6.45) is 11.4. The van der Waals surface area contributed by atoms with E-state index in [1.165, 1.54) is 64.5 Å². The van der Waals surface area contributed by atoms with E-state index in [-0.39, 0.29) is 0 Å². The number of ether oxygens (including phenoxy) is 1. The Hall–Kier alpha value is -0.120. The molecular formula is C15H28N2O. The maximum Gasteiger partial charge on any atom is 0.0726 e. The highest BCUT2D eigenvalue weighted by Crippen LogP contribution is 2.35. The Morgan fingerprint density at radius 3 is 2.56 bits per heavy atom. The standard InChI is InChI=1S/C15H28N2O/c1-18-15-7-3-2-6-14(15)17(13-8-9-13)11-12-5-4-10-16-12/h12-16H,2-11H2,1H3. The second kappa shape index (κ2) is 5.89. The number of rotatable bonds is 5. The van der Waals surface area contributed by atoms with Crippen molar-refractivity contribution in [3.63, 3.8) is 0 Å². The molecule has 1 saturated heterocycles. The lowest BCUT2D eigenvalue weighted by molar-refractivity contribution is -0.0169. The van der Waals surface area contributed by atoms with Crippen LogP contribution in [0.5, 0.6) is 0 Å². The molecule has 0 spiro atoms. The molecule has 3 rings (SSSR count). The van der Waals surface area contributed by atoms with Crippen LogP contribution >= 0.6 is 0 Å². The van der Waals surface area contributed by atoms with Crippen LogP contribution < -0.4 is 5.32 Å². The molecule has 3 nitrogen and oxygen atoms in total. The molecule has 1 N–H and O–H groups in total. The number of nitrogens with zero attached hydrogens (tertiary/aromatic N) is 1. The molecule has 18 heavy (non-hydrogen) atoms. The second-order valence-electron chi connectivity index (χ2n) is 6.35. The van der Waals surface area contributed by atoms with E-state index in [1.54, 1.807) is 0 Å². The van der Waals surface area contributed by atoms with Crippen molar-refractivity contribution in [1.29, 1.82) is 0 Å². The van der Waals surface area contributed by atoms with Crippen LogP contribution in [-0.2, 0) is 4.74 Å². The molecule has 1 aliphatic heterocycles. The molecule has 0 aromatic rings. The Morgan fingerprint density at radius 2 is 1.89 bits per heavy atom. The van der Waals surface area contributed by atoms with Gasteiger partial charge in [0.05, 0.1) is 6.10 Å². The van der Waals surface area contributed by atoms with Crippen LogP contribution in [0, 0.1) is 0 Å². The zero-order chi connectivity index (χ0) is 12.4. The highest BCUT2D eigenvalue weighted by molar-refractivity contribution is 4.95. The van der Waals surface area contributed by atoms with Crippen LogP contribution in [0.2, 0.25) is 0 Å². The molecule has 3 aliphatic rings. The Morgan fingerprint density at radius 1 is 1.06 bits per heavy atom. The lowest BCUT2D eigenvalue weighted by Crippen LogP contribution is -2.51. The highest BCUT2D eigenvalue weighted by atomic mass is 16.5. The minimum atomic E-state index is 0.487. The van der Waals surface area contributed by atoms with E-state index >= 15 is 0 Å². The van der Waals surface area contributed by atoms with Gasteiger partial charge in [-0.15, -0.1) is 0 Å². The largest absolute Gasteiger partial charge is 0.380 e. The van der Waals surface area contributed by atoms with Crippen molar-refractivity contribution < 1.29 is 4.74 Å². The second-order valence-corrected chi connectivity index (χ2v) is 6.35. The van der Waals surface area contributed by atoms with E-state index in [2.05, 4.69) is 10.2 Å². The Bertz CT molecular complexity index is 261. The average molecular weight is 252 g/mol. The van der Waals surface area contributed by atoms with Crippen LogP contribution in [0.4, 0.5) is 0 Å². The quantitative estimate of drug-likeness (QED) is 0.811. The van der Waals surface area contributed by atoms with Gasteiger partial charge in [0.1, 0.15) is 0 Å². The third kappa shape index (κ3) is 2.89. The molecular weight excluding hydrogens is 224 g/mol. The molecule has 104 valence electrons. The Balaban J connectivity index is 1.63. The first-order valence-electron chi connectivity index (χ1n) is 7.90. The maximum atomic E-state index is 5.77. The van der Waals surface area contributed by atoms with Crippen LogP contribution in [-0.4, -0.2) is 49.3 Å². The van der Waals surface area contributed by atoms with Gasteiger partial charge in [0.25, 0.3) is 0 Å². The molecule has 3 unspecified atom stereocenters. The monoisotopic (exact) mass is 252 g/mol. The summed E-state index contributed by atoms with van der Waals surface area (Å²) in [4.78, 5) is 2.80. The summed E-state index contributed by atoms with van der Waals surface area (Å²) in [5.74, 6) is 0. The SMILES string of the molecule is COC1CCCCC1N(CC1CCCN1)C1CC1. The van der Waals surface area contributed by atoms with Gasteiger partial charge in [-0.05, 0) is 45.1 Å². The van der Waals surface area contributed by atoms with Crippen molar-refractivity contribution in [2.24, 2.45) is 0 Å². The number of nitrogens with one attached hydrogen (secondary N) is 1. The van der Waals surface area contributed by atoms with Crippen molar-refractivity contribution >= 4 is 0 Å². The van der Waals surface area contributed by atoms with Crippen molar-refractivity contribution in [2.75, 3.05) is 20.2 Å². The lowest BCUT2D eigenvalue weighted by Gasteiger charge is -2.40. The van der Waals surface area contributed by atoms with Crippen LogP contribution in [0.15, 0.2) is 0 Å². The van der Waals surface area contributed by atoms with Crippen molar-refractivity contribution in [3.8, 4) is 0 Å². The third-order valence-electron chi connectivity index (χ3n) is 5.01. The zero-order valence-electron chi connectivity index (χ0n) is 11.7. The summed E-state index contributed by atoms with van der Waals surface area (Å²) < 4.78 is 5.77. The predicted octanol–water partition coefficient (Wildman–Crippen LogP) is 2.16. The van der Waals surface area contributed by atoms with Gasteiger partial charge in [0, 0.05) is 31.8 Å². The van der Waals surface area contributed by atoms with Gasteiger partial charge in [-0.1, -0.05) is 12.8 Å². The summed E-state index contributed by atoms with van der Waals surface area (Å²) in [6.45, 7) is 2.48. The van der Waals surface area contributed by atoms with Gasteiger partial charge in [-0.25, -0.2) is 0 Å². The fourth-order valence-corrected chi connectivity index (χ4v) is 3.86. The number of hydrogen-bond acceptors (Lipinski definition) is 3. The van der Waals surface area contributed by atoms with Gasteiger partial charge in [-0.3, -0.25) is 4.90 Å². The molecule has 0 aromatic heterocycles. The number of methoxy groups -OCH3 is 1. The highest BCUT2D eigenvalue weighted by Gasteiger charge is 2.39. The Labute approximate surface area is 111 Å². The van der Waals surface area contributed by atoms with Gasteiger partial charge in [-0.2, -0.15) is 0 Å². The first kappa shape index (κ1) is 12.9. The minimum absolute atomic E-state index is 0.487. The summed E-state index contributed by atoms with van der Waals surface area (Å²) >= 11 is 0. The molecule has 1 heterocycles. The number of hydrogen-bond donors (Lipinski definition) is 1. The predicted molar refractivity (Wildman–Crippen MR) is 73.8 cm³/mol. The van der Waals surface area contributed by atoms with E-state index in [1.807, 2.05) is 7.11 Å². The van der Waals surface area contributed by atoms with Crippen LogP contribution in [0.1, 0.15) is 51.4 Å². The molecule has 0 aromatic carbocycles. The molecule has 3 heteroatoms. The van der Waals surface area contributed by atoms with E-state index in [9.17, 15) is 0 Å². The van der Waals surface area contributed by atoms with E-state index in [4.69, 9.17) is 4.74 Å². The average Bonchev–Trinajstić information content (AvgIpc) is 3.13. The van der Waals surface area contributed by atoms with Gasteiger partial charge < -0.3 is 10.1 Å². The normalized spacial score (nSPS) is 37.3. The first-order valence-corrected chi connectivity index (χ1v) is 7.90. The maximum absolute atomic E-state index is 5.77. The van der Waals surface area contributed by atoms with Crippen molar-refractivity contribution in [3.05, 3.63) is 0 Å². The van der Waals surface area contributed by atoms with E-state index < -0.39 is 0 Å². The summed E-state index contributed by atoms with van der Waals surface area (Å²) in [7, 11) is 1.90. The molecule has 3 atom stereocenters. The van der Waals surface area contributed by atoms with Gasteiger partial charge in [0.2, 0.25) is 0 Å². The first-order chi connectivity index (χ1) is 8.88. The van der Waals surface area contributed by atoms with Gasteiger partial charge >= 0.3 is 0 Å². The summed E-state index contributed by atoms with van der Waals surface area (Å²) in [5, 5.41) is 3.66. The summed E-state index contributed by atoms with van der Waals surface area (Å²) in [5.41, 5.74) is 0. The molecule has 3 fully saturated rings. The molecule has 0 radical (unpaired) electrons. The molecule has 2 saturated carbocycles. The van der Waals surface area contributed by atoms with Crippen molar-refractivity contribution in [2.45, 2.75) is 75.6 Å². The van der Waals surface area contributed by atoms with Gasteiger partial charge in [0.15, 0.2) is 0 Å². The fraction of sp³-hybridized carbons (Fsp3) is 1.00. The van der Waals surface area contributed by atoms with E-state index in [0.29, 0.717) is 12.1 Å². The summed E-state index contributed by atoms with van der Waals surface area (Å²) in [6, 6.07) is 2.30. The molecule has 0 amide bonds. The van der Waals surface area contributed by atoms with Crippen LogP contribution in [0.25, 0.3) is 0 Å². The smallest absolute Gasteiger partial charge is 0.0726 e. The minimum Gasteiger partial charge on any atom is -0.380 e. The molecule has 2 aliphatic carbocycles. The zero-order valence-corrected chi connectivity index (χ0v) is 11.7. The van der Waals surface area contributed by atoms with Crippen LogP contribution in [0.3, 0.4) is 0 Å². The fourth-order valence-electron chi connectivity index (χ4n) is 3.86.